The van der Waals surface area contributed by atoms with Crippen molar-refractivity contribution in [3.8, 4) is 0 Å². The molecule has 0 heterocycles. The molecule has 0 rings (SSSR count). The van der Waals surface area contributed by atoms with Crippen LogP contribution in [0.1, 0.15) is 13.3 Å². The average molecular weight is 138 g/mol. The fourth-order valence-electron chi connectivity index (χ4n) is 0.397. The Morgan fingerprint density at radius 1 is 1.40 bits per heavy atom. The molecular weight excluding hydrogens is 124 g/mol. The normalized spacial score (nSPS) is 9.80. The van der Waals surface area contributed by atoms with E-state index in [9.17, 15) is 0 Å². The summed E-state index contributed by atoms with van der Waals surface area (Å²) in [5, 5.41) is 0. The second kappa shape index (κ2) is 4.86. The van der Waals surface area contributed by atoms with Gasteiger partial charge in [-0.3, -0.25) is 0 Å². The van der Waals surface area contributed by atoms with E-state index in [1.165, 1.54) is 0 Å². The van der Waals surface area contributed by atoms with Gasteiger partial charge < -0.3 is 4.74 Å². The van der Waals surface area contributed by atoms with Crippen LogP contribution in [0, 0.1) is 0 Å². The minimum absolute atomic E-state index is 0.662. The minimum atomic E-state index is 0.662. The molecule has 0 N–H and O–H groups in total. The third-order valence-corrected chi connectivity index (χ3v) is 1.22. The van der Waals surface area contributed by atoms with E-state index < -0.39 is 0 Å². The summed E-state index contributed by atoms with van der Waals surface area (Å²) in [6.45, 7) is 9.48. The summed E-state index contributed by atoms with van der Waals surface area (Å²) in [5.74, 6) is 0.662. The quantitative estimate of drug-likeness (QED) is 0.428. The maximum absolute atomic E-state index is 4.82. The smallest absolute Gasteiger partial charge is 0.111 e. The molecule has 0 fully saturated rings. The van der Waals surface area contributed by atoms with E-state index in [1.54, 1.807) is 7.11 Å². The van der Waals surface area contributed by atoms with E-state index in [0.29, 0.717) is 5.76 Å². The van der Waals surface area contributed by atoms with Crippen LogP contribution in [-0.2, 0) is 4.74 Å². The first-order valence-electron chi connectivity index (χ1n) is 3.29. The molecule has 0 aromatic heterocycles. The van der Waals surface area contributed by atoms with Crippen molar-refractivity contribution in [3.63, 3.8) is 0 Å². The standard InChI is InChI=1S/C9H14O/c1-5-8(2)6-7-9(3)10-4/h6-7H,2-3,5H2,1,4H3/b7-6-. The average Bonchev–Trinajstić information content (AvgIpc) is 1.99. The summed E-state index contributed by atoms with van der Waals surface area (Å²) in [7, 11) is 1.60. The van der Waals surface area contributed by atoms with Gasteiger partial charge in [0.05, 0.1) is 7.11 Å². The van der Waals surface area contributed by atoms with Crippen LogP contribution in [-0.4, -0.2) is 7.11 Å². The molecule has 0 atom stereocenters. The van der Waals surface area contributed by atoms with E-state index in [2.05, 4.69) is 20.1 Å². The fourth-order valence-corrected chi connectivity index (χ4v) is 0.397. The number of hydrogen-bond acceptors (Lipinski definition) is 1. The largest absolute Gasteiger partial charge is 0.497 e. The van der Waals surface area contributed by atoms with Crippen molar-refractivity contribution >= 4 is 0 Å². The SMILES string of the molecule is C=C(/C=C\C(=C)OC)CC. The molecule has 56 valence electrons. The molecule has 1 heteroatoms. The van der Waals surface area contributed by atoms with Gasteiger partial charge in [-0.05, 0) is 12.5 Å². The van der Waals surface area contributed by atoms with Crippen molar-refractivity contribution in [2.45, 2.75) is 13.3 Å². The lowest BCUT2D eigenvalue weighted by Crippen LogP contribution is -1.77. The lowest BCUT2D eigenvalue weighted by atomic mass is 10.2. The Morgan fingerprint density at radius 3 is 2.40 bits per heavy atom. The molecule has 0 aliphatic heterocycles. The molecule has 0 aliphatic carbocycles. The molecule has 0 aromatic carbocycles. The number of methoxy groups -OCH3 is 1. The van der Waals surface area contributed by atoms with Crippen LogP contribution in [0.25, 0.3) is 0 Å². The molecular formula is C9H14O. The summed E-state index contributed by atoms with van der Waals surface area (Å²) in [4.78, 5) is 0. The summed E-state index contributed by atoms with van der Waals surface area (Å²) >= 11 is 0. The molecule has 0 radical (unpaired) electrons. The summed E-state index contributed by atoms with van der Waals surface area (Å²) in [5.41, 5.74) is 1.08. The van der Waals surface area contributed by atoms with Crippen molar-refractivity contribution in [2.75, 3.05) is 7.11 Å². The second-order valence-electron chi connectivity index (χ2n) is 2.02. The van der Waals surface area contributed by atoms with Gasteiger partial charge in [0.25, 0.3) is 0 Å². The van der Waals surface area contributed by atoms with Gasteiger partial charge in [-0.1, -0.05) is 31.7 Å². The van der Waals surface area contributed by atoms with Crippen LogP contribution >= 0.6 is 0 Å². The second-order valence-corrected chi connectivity index (χ2v) is 2.02. The molecule has 0 aliphatic rings. The molecule has 0 saturated heterocycles. The van der Waals surface area contributed by atoms with Crippen molar-refractivity contribution < 1.29 is 4.74 Å². The van der Waals surface area contributed by atoms with Gasteiger partial charge in [-0.15, -0.1) is 0 Å². The monoisotopic (exact) mass is 138 g/mol. The van der Waals surface area contributed by atoms with E-state index in [-0.39, 0.29) is 0 Å². The molecule has 0 saturated carbocycles. The van der Waals surface area contributed by atoms with E-state index in [4.69, 9.17) is 4.74 Å². The molecule has 0 bridgehead atoms. The Kier molecular flexibility index (Phi) is 4.38. The van der Waals surface area contributed by atoms with Gasteiger partial charge in [0.1, 0.15) is 5.76 Å². The van der Waals surface area contributed by atoms with E-state index in [0.717, 1.165) is 12.0 Å². The molecule has 0 unspecified atom stereocenters. The highest BCUT2D eigenvalue weighted by Gasteiger charge is 1.83. The molecule has 0 aromatic rings. The predicted molar refractivity (Wildman–Crippen MR) is 44.7 cm³/mol. The van der Waals surface area contributed by atoms with Crippen LogP contribution in [0.2, 0.25) is 0 Å². The van der Waals surface area contributed by atoms with Gasteiger partial charge in [0.2, 0.25) is 0 Å². The Bertz CT molecular complexity index is 136. The Hall–Kier alpha value is -0.980. The zero-order chi connectivity index (χ0) is 7.98. The number of rotatable bonds is 4. The lowest BCUT2D eigenvalue weighted by Gasteiger charge is -1.95. The van der Waals surface area contributed by atoms with E-state index in [1.807, 2.05) is 12.2 Å². The van der Waals surface area contributed by atoms with Gasteiger partial charge >= 0.3 is 0 Å². The van der Waals surface area contributed by atoms with Crippen molar-refractivity contribution in [1.29, 1.82) is 0 Å². The highest BCUT2D eigenvalue weighted by atomic mass is 16.5. The van der Waals surface area contributed by atoms with Gasteiger partial charge in [0.15, 0.2) is 0 Å². The maximum Gasteiger partial charge on any atom is 0.111 e. The zero-order valence-corrected chi connectivity index (χ0v) is 6.68. The van der Waals surface area contributed by atoms with Gasteiger partial charge in [-0.2, -0.15) is 0 Å². The summed E-state index contributed by atoms with van der Waals surface area (Å²) in [6.07, 6.45) is 4.69. The van der Waals surface area contributed by atoms with Crippen LogP contribution < -0.4 is 0 Å². The first-order valence-corrected chi connectivity index (χ1v) is 3.29. The van der Waals surface area contributed by atoms with Crippen LogP contribution in [0.5, 0.6) is 0 Å². The van der Waals surface area contributed by atoms with E-state index >= 15 is 0 Å². The third-order valence-electron chi connectivity index (χ3n) is 1.22. The van der Waals surface area contributed by atoms with Gasteiger partial charge in [-0.25, -0.2) is 0 Å². The van der Waals surface area contributed by atoms with Crippen molar-refractivity contribution in [3.05, 3.63) is 36.6 Å². The fraction of sp³-hybridized carbons (Fsp3) is 0.333. The Morgan fingerprint density at radius 2 is 2.00 bits per heavy atom. The zero-order valence-electron chi connectivity index (χ0n) is 6.68. The van der Waals surface area contributed by atoms with Crippen LogP contribution in [0.4, 0.5) is 0 Å². The lowest BCUT2D eigenvalue weighted by molar-refractivity contribution is 0.309. The van der Waals surface area contributed by atoms with Crippen molar-refractivity contribution in [1.82, 2.24) is 0 Å². The van der Waals surface area contributed by atoms with Crippen LogP contribution in [0.15, 0.2) is 36.6 Å². The molecule has 1 nitrogen and oxygen atoms in total. The van der Waals surface area contributed by atoms with Crippen molar-refractivity contribution in [2.24, 2.45) is 0 Å². The highest BCUT2D eigenvalue weighted by molar-refractivity contribution is 5.20. The Labute approximate surface area is 62.7 Å². The maximum atomic E-state index is 4.82. The molecule has 10 heavy (non-hydrogen) atoms. The van der Waals surface area contributed by atoms with Crippen LogP contribution in [0.3, 0.4) is 0 Å². The highest BCUT2D eigenvalue weighted by Crippen LogP contribution is 2.01. The predicted octanol–water partition coefficient (Wildman–Crippen LogP) is 2.67. The first kappa shape index (κ1) is 9.02. The number of ether oxygens (including phenoxy) is 1. The minimum Gasteiger partial charge on any atom is -0.497 e. The number of allylic oxidation sites excluding steroid dienone is 3. The molecule has 0 amide bonds. The topological polar surface area (TPSA) is 9.23 Å². The summed E-state index contributed by atoms with van der Waals surface area (Å²) < 4.78 is 4.82. The summed E-state index contributed by atoms with van der Waals surface area (Å²) in [6, 6.07) is 0. The molecule has 0 spiro atoms. The number of hydrogen-bond donors (Lipinski definition) is 0. The van der Waals surface area contributed by atoms with Gasteiger partial charge in [0, 0.05) is 0 Å². The first-order chi connectivity index (χ1) is 4.70. The third kappa shape index (κ3) is 3.96. The Balaban J connectivity index is 3.75.